The van der Waals surface area contributed by atoms with Gasteiger partial charge in [0.1, 0.15) is 0 Å². The van der Waals surface area contributed by atoms with Crippen LogP contribution >= 0.6 is 0 Å². The SMILES string of the molecule is C=C(C)CC(O)CC. The summed E-state index contributed by atoms with van der Waals surface area (Å²) in [4.78, 5) is 0. The molecule has 0 rings (SSSR count). The average molecular weight is 114 g/mol. The average Bonchev–Trinajstić information content (AvgIpc) is 1.65. The van der Waals surface area contributed by atoms with Crippen LogP contribution in [0, 0.1) is 0 Å². The molecule has 8 heavy (non-hydrogen) atoms. The lowest BCUT2D eigenvalue weighted by atomic mass is 10.1. The minimum Gasteiger partial charge on any atom is -0.393 e. The van der Waals surface area contributed by atoms with Crippen molar-refractivity contribution >= 4 is 0 Å². The van der Waals surface area contributed by atoms with Gasteiger partial charge in [-0.05, 0) is 19.8 Å². The third-order valence-corrected chi connectivity index (χ3v) is 1.06. The summed E-state index contributed by atoms with van der Waals surface area (Å²) in [5, 5.41) is 8.97. The molecule has 1 unspecified atom stereocenters. The van der Waals surface area contributed by atoms with Gasteiger partial charge in [0.05, 0.1) is 6.10 Å². The van der Waals surface area contributed by atoms with Gasteiger partial charge < -0.3 is 5.11 Å². The van der Waals surface area contributed by atoms with Crippen LogP contribution in [0.2, 0.25) is 0 Å². The minimum atomic E-state index is -0.174. The first kappa shape index (κ1) is 7.70. The van der Waals surface area contributed by atoms with E-state index in [0.29, 0.717) is 0 Å². The molecule has 0 aromatic carbocycles. The highest BCUT2D eigenvalue weighted by atomic mass is 16.3. The van der Waals surface area contributed by atoms with Crippen LogP contribution in [0.25, 0.3) is 0 Å². The fraction of sp³-hybridized carbons (Fsp3) is 0.714. The van der Waals surface area contributed by atoms with E-state index >= 15 is 0 Å². The Balaban J connectivity index is 3.24. The molecule has 0 saturated heterocycles. The molecule has 0 aliphatic heterocycles. The normalized spacial score (nSPS) is 13.4. The zero-order valence-corrected chi connectivity index (χ0v) is 5.65. The predicted octanol–water partition coefficient (Wildman–Crippen LogP) is 1.72. The molecule has 0 aliphatic carbocycles. The second-order valence-corrected chi connectivity index (χ2v) is 2.22. The molecule has 0 aromatic rings. The van der Waals surface area contributed by atoms with E-state index in [0.717, 1.165) is 18.4 Å². The Morgan fingerprint density at radius 1 is 1.75 bits per heavy atom. The fourth-order valence-corrected chi connectivity index (χ4v) is 0.547. The van der Waals surface area contributed by atoms with Crippen molar-refractivity contribution in [3.05, 3.63) is 12.2 Å². The van der Waals surface area contributed by atoms with Crippen molar-refractivity contribution in [2.45, 2.75) is 32.8 Å². The molecule has 0 radical (unpaired) electrons. The van der Waals surface area contributed by atoms with Gasteiger partial charge >= 0.3 is 0 Å². The highest BCUT2D eigenvalue weighted by Gasteiger charge is 1.97. The molecule has 0 fully saturated rings. The van der Waals surface area contributed by atoms with Crippen LogP contribution in [0.4, 0.5) is 0 Å². The molecule has 0 aliphatic rings. The Hall–Kier alpha value is -0.300. The van der Waals surface area contributed by atoms with E-state index in [9.17, 15) is 0 Å². The van der Waals surface area contributed by atoms with Crippen molar-refractivity contribution in [3.8, 4) is 0 Å². The van der Waals surface area contributed by atoms with Crippen LogP contribution in [0.1, 0.15) is 26.7 Å². The van der Waals surface area contributed by atoms with E-state index in [4.69, 9.17) is 5.11 Å². The van der Waals surface area contributed by atoms with Gasteiger partial charge in [-0.3, -0.25) is 0 Å². The first-order chi connectivity index (χ1) is 3.66. The summed E-state index contributed by atoms with van der Waals surface area (Å²) in [5.41, 5.74) is 1.05. The zero-order chi connectivity index (χ0) is 6.57. The number of rotatable bonds is 3. The van der Waals surface area contributed by atoms with E-state index in [1.54, 1.807) is 0 Å². The van der Waals surface area contributed by atoms with Crippen LogP contribution in [0.5, 0.6) is 0 Å². The van der Waals surface area contributed by atoms with Crippen LogP contribution in [0.15, 0.2) is 12.2 Å². The quantitative estimate of drug-likeness (QED) is 0.554. The molecule has 0 saturated carbocycles. The van der Waals surface area contributed by atoms with Crippen molar-refractivity contribution in [3.63, 3.8) is 0 Å². The van der Waals surface area contributed by atoms with Crippen molar-refractivity contribution in [1.29, 1.82) is 0 Å². The van der Waals surface area contributed by atoms with E-state index < -0.39 is 0 Å². The van der Waals surface area contributed by atoms with Crippen molar-refractivity contribution in [2.24, 2.45) is 0 Å². The molecular weight excluding hydrogens is 100 g/mol. The molecule has 1 nitrogen and oxygen atoms in total. The van der Waals surface area contributed by atoms with Crippen molar-refractivity contribution in [2.75, 3.05) is 0 Å². The van der Waals surface area contributed by atoms with Gasteiger partial charge in [0.2, 0.25) is 0 Å². The maximum atomic E-state index is 8.97. The van der Waals surface area contributed by atoms with Crippen LogP contribution in [-0.4, -0.2) is 11.2 Å². The summed E-state index contributed by atoms with van der Waals surface area (Å²) < 4.78 is 0. The fourth-order valence-electron chi connectivity index (χ4n) is 0.547. The smallest absolute Gasteiger partial charge is 0.0574 e. The van der Waals surface area contributed by atoms with Crippen LogP contribution < -0.4 is 0 Å². The highest BCUT2D eigenvalue weighted by molar-refractivity contribution is 4.89. The first-order valence-corrected chi connectivity index (χ1v) is 2.99. The molecule has 0 spiro atoms. The van der Waals surface area contributed by atoms with Crippen molar-refractivity contribution in [1.82, 2.24) is 0 Å². The Kier molecular flexibility index (Phi) is 3.53. The topological polar surface area (TPSA) is 20.2 Å². The Morgan fingerprint density at radius 3 is 2.38 bits per heavy atom. The van der Waals surface area contributed by atoms with E-state index in [1.165, 1.54) is 0 Å². The Bertz CT molecular complexity index is 76.5. The molecule has 0 bridgehead atoms. The second kappa shape index (κ2) is 3.67. The lowest BCUT2D eigenvalue weighted by Gasteiger charge is -2.04. The largest absolute Gasteiger partial charge is 0.393 e. The molecule has 0 heterocycles. The molecular formula is C7H14O. The molecule has 1 heteroatoms. The summed E-state index contributed by atoms with van der Waals surface area (Å²) in [6.07, 6.45) is 1.40. The van der Waals surface area contributed by atoms with Crippen LogP contribution in [0.3, 0.4) is 0 Å². The summed E-state index contributed by atoms with van der Waals surface area (Å²) in [6.45, 7) is 7.58. The number of aliphatic hydroxyl groups excluding tert-OH is 1. The monoisotopic (exact) mass is 114 g/mol. The summed E-state index contributed by atoms with van der Waals surface area (Å²) in [5.74, 6) is 0. The van der Waals surface area contributed by atoms with E-state index in [-0.39, 0.29) is 6.10 Å². The van der Waals surface area contributed by atoms with Crippen molar-refractivity contribution < 1.29 is 5.11 Å². The molecule has 0 aromatic heterocycles. The predicted molar refractivity (Wildman–Crippen MR) is 35.7 cm³/mol. The zero-order valence-electron chi connectivity index (χ0n) is 5.65. The lowest BCUT2D eigenvalue weighted by molar-refractivity contribution is 0.171. The molecule has 1 N–H and O–H groups in total. The third-order valence-electron chi connectivity index (χ3n) is 1.06. The Morgan fingerprint density at radius 2 is 2.25 bits per heavy atom. The maximum Gasteiger partial charge on any atom is 0.0574 e. The van der Waals surface area contributed by atoms with Gasteiger partial charge in [-0.15, -0.1) is 6.58 Å². The minimum absolute atomic E-state index is 0.174. The Labute approximate surface area is 51.0 Å². The maximum absolute atomic E-state index is 8.97. The number of hydrogen-bond acceptors (Lipinski definition) is 1. The van der Waals surface area contributed by atoms with Gasteiger partial charge in [0.25, 0.3) is 0 Å². The van der Waals surface area contributed by atoms with E-state index in [1.807, 2.05) is 13.8 Å². The highest BCUT2D eigenvalue weighted by Crippen LogP contribution is 2.03. The lowest BCUT2D eigenvalue weighted by Crippen LogP contribution is -2.03. The summed E-state index contributed by atoms with van der Waals surface area (Å²) in [7, 11) is 0. The molecule has 1 atom stereocenters. The third kappa shape index (κ3) is 3.88. The standard InChI is InChI=1S/C7H14O/c1-4-7(8)5-6(2)3/h7-8H,2,4-5H2,1,3H3. The molecule has 48 valence electrons. The van der Waals surface area contributed by atoms with Gasteiger partial charge in [0.15, 0.2) is 0 Å². The number of aliphatic hydroxyl groups is 1. The number of hydrogen-bond donors (Lipinski definition) is 1. The van der Waals surface area contributed by atoms with Crippen LogP contribution in [-0.2, 0) is 0 Å². The molecule has 0 amide bonds. The first-order valence-electron chi connectivity index (χ1n) is 2.99. The second-order valence-electron chi connectivity index (χ2n) is 2.22. The van der Waals surface area contributed by atoms with Gasteiger partial charge in [0, 0.05) is 0 Å². The summed E-state index contributed by atoms with van der Waals surface area (Å²) >= 11 is 0. The van der Waals surface area contributed by atoms with E-state index in [2.05, 4.69) is 6.58 Å². The van der Waals surface area contributed by atoms with Gasteiger partial charge in [-0.2, -0.15) is 0 Å². The summed E-state index contributed by atoms with van der Waals surface area (Å²) in [6, 6.07) is 0. The van der Waals surface area contributed by atoms with Gasteiger partial charge in [-0.1, -0.05) is 12.5 Å². The van der Waals surface area contributed by atoms with Gasteiger partial charge in [-0.25, -0.2) is 0 Å².